The van der Waals surface area contributed by atoms with Crippen molar-refractivity contribution in [1.82, 2.24) is 5.32 Å². The van der Waals surface area contributed by atoms with Crippen molar-refractivity contribution in [2.75, 3.05) is 0 Å². The average molecular weight is 316 g/mol. The van der Waals surface area contributed by atoms with E-state index in [9.17, 15) is 4.79 Å². The fourth-order valence-electron chi connectivity index (χ4n) is 2.03. The van der Waals surface area contributed by atoms with Crippen LogP contribution in [0, 0.1) is 0 Å². The second kappa shape index (κ2) is 8.25. The van der Waals surface area contributed by atoms with Crippen molar-refractivity contribution in [3.05, 3.63) is 83.4 Å². The molecule has 0 radical (unpaired) electrons. The maximum Gasteiger partial charge on any atom is 0.407 e. The summed E-state index contributed by atoms with van der Waals surface area (Å²) in [4.78, 5) is 11.8. The Balaban J connectivity index is 1.84. The van der Waals surface area contributed by atoms with Crippen LogP contribution in [0.5, 0.6) is 0 Å². The van der Waals surface area contributed by atoms with E-state index >= 15 is 0 Å². The first kappa shape index (κ1) is 16.1. The minimum atomic E-state index is -0.462. The summed E-state index contributed by atoms with van der Waals surface area (Å²) >= 11 is 5.96. The molecule has 1 amide bonds. The Morgan fingerprint density at radius 1 is 1.18 bits per heavy atom. The summed E-state index contributed by atoms with van der Waals surface area (Å²) in [5, 5.41) is 3.46. The second-order valence-corrected chi connectivity index (χ2v) is 5.32. The van der Waals surface area contributed by atoms with E-state index in [0.717, 1.165) is 11.1 Å². The zero-order valence-electron chi connectivity index (χ0n) is 12.2. The van der Waals surface area contributed by atoms with Gasteiger partial charge in [0, 0.05) is 5.02 Å². The van der Waals surface area contributed by atoms with Gasteiger partial charge in [-0.2, -0.15) is 0 Å². The normalized spacial score (nSPS) is 11.5. The number of carbonyl (C=O) groups is 1. The van der Waals surface area contributed by atoms with E-state index in [1.807, 2.05) is 54.6 Å². The third kappa shape index (κ3) is 5.26. The van der Waals surface area contributed by atoms with E-state index in [0.29, 0.717) is 11.4 Å². The molecule has 1 atom stereocenters. The minimum absolute atomic E-state index is 0.207. The van der Waals surface area contributed by atoms with Gasteiger partial charge in [-0.15, -0.1) is 6.58 Å². The number of hydrogen-bond donors (Lipinski definition) is 1. The van der Waals surface area contributed by atoms with Crippen LogP contribution in [0.3, 0.4) is 0 Å². The molecule has 3 nitrogen and oxygen atoms in total. The smallest absolute Gasteiger partial charge is 0.407 e. The summed E-state index contributed by atoms with van der Waals surface area (Å²) < 4.78 is 5.20. The number of alkyl carbamates (subject to hydrolysis) is 1. The number of halogens is 1. The van der Waals surface area contributed by atoms with Crippen molar-refractivity contribution < 1.29 is 9.53 Å². The third-order valence-corrected chi connectivity index (χ3v) is 3.38. The maximum atomic E-state index is 11.8. The van der Waals surface area contributed by atoms with Crippen molar-refractivity contribution in [2.24, 2.45) is 0 Å². The molecule has 114 valence electrons. The maximum absolute atomic E-state index is 11.8. The highest BCUT2D eigenvalue weighted by Crippen LogP contribution is 2.12. The first-order valence-corrected chi connectivity index (χ1v) is 7.39. The van der Waals surface area contributed by atoms with Crippen LogP contribution in [0.2, 0.25) is 5.02 Å². The van der Waals surface area contributed by atoms with Crippen LogP contribution < -0.4 is 5.32 Å². The van der Waals surface area contributed by atoms with Gasteiger partial charge in [-0.05, 0) is 29.7 Å². The Labute approximate surface area is 135 Å². The largest absolute Gasteiger partial charge is 0.445 e. The number of rotatable bonds is 6. The first-order chi connectivity index (χ1) is 10.7. The van der Waals surface area contributed by atoms with Gasteiger partial charge < -0.3 is 10.1 Å². The van der Waals surface area contributed by atoms with E-state index in [4.69, 9.17) is 16.3 Å². The van der Waals surface area contributed by atoms with Gasteiger partial charge in [-0.3, -0.25) is 0 Å². The highest BCUT2D eigenvalue weighted by Gasteiger charge is 2.11. The zero-order chi connectivity index (χ0) is 15.8. The second-order valence-electron chi connectivity index (χ2n) is 4.88. The molecule has 0 bridgehead atoms. The lowest BCUT2D eigenvalue weighted by atomic mass is 10.1. The van der Waals surface area contributed by atoms with Crippen LogP contribution in [-0.2, 0) is 17.8 Å². The number of benzene rings is 2. The molecule has 0 spiro atoms. The molecule has 22 heavy (non-hydrogen) atoms. The van der Waals surface area contributed by atoms with Gasteiger partial charge in [0.2, 0.25) is 0 Å². The summed E-state index contributed by atoms with van der Waals surface area (Å²) in [5.74, 6) is 0. The molecule has 0 unspecified atom stereocenters. The van der Waals surface area contributed by atoms with E-state index in [1.165, 1.54) is 0 Å². The standard InChI is InChI=1S/C18H18ClNO2/c1-2-17(12-15-9-6-10-16(19)11-15)20-18(21)22-13-14-7-4-3-5-8-14/h2-11,17H,1,12-13H2,(H,20,21)/t17-/m0/s1. The van der Waals surface area contributed by atoms with Crippen LogP contribution in [-0.4, -0.2) is 12.1 Å². The number of amides is 1. The van der Waals surface area contributed by atoms with Crippen molar-refractivity contribution in [3.8, 4) is 0 Å². The predicted octanol–water partition coefficient (Wildman–Crippen LogP) is 4.36. The molecule has 0 aromatic heterocycles. The van der Waals surface area contributed by atoms with Gasteiger partial charge in [0.15, 0.2) is 0 Å². The molecule has 4 heteroatoms. The summed E-state index contributed by atoms with van der Waals surface area (Å²) in [7, 11) is 0. The molecule has 0 aliphatic heterocycles. The summed E-state index contributed by atoms with van der Waals surface area (Å²) in [6.45, 7) is 3.99. The van der Waals surface area contributed by atoms with E-state index < -0.39 is 6.09 Å². The lowest BCUT2D eigenvalue weighted by Gasteiger charge is -2.15. The molecular weight excluding hydrogens is 298 g/mol. The quantitative estimate of drug-likeness (QED) is 0.804. The van der Waals surface area contributed by atoms with Gasteiger partial charge in [0.05, 0.1) is 6.04 Å². The Kier molecular flexibility index (Phi) is 6.04. The number of ether oxygens (including phenoxy) is 1. The number of nitrogens with one attached hydrogen (secondary N) is 1. The Hall–Kier alpha value is -2.26. The molecule has 1 N–H and O–H groups in total. The molecule has 0 aliphatic rings. The molecule has 0 fully saturated rings. The molecule has 0 saturated heterocycles. The topological polar surface area (TPSA) is 38.3 Å². The molecule has 0 saturated carbocycles. The highest BCUT2D eigenvalue weighted by atomic mass is 35.5. The van der Waals surface area contributed by atoms with E-state index in [-0.39, 0.29) is 12.6 Å². The Morgan fingerprint density at radius 3 is 2.59 bits per heavy atom. The molecule has 2 rings (SSSR count). The van der Waals surface area contributed by atoms with Crippen molar-refractivity contribution in [3.63, 3.8) is 0 Å². The van der Waals surface area contributed by atoms with Crippen molar-refractivity contribution >= 4 is 17.7 Å². The number of carbonyl (C=O) groups excluding carboxylic acids is 1. The van der Waals surface area contributed by atoms with Crippen LogP contribution in [0.4, 0.5) is 4.79 Å². The van der Waals surface area contributed by atoms with E-state index in [2.05, 4.69) is 11.9 Å². The summed E-state index contributed by atoms with van der Waals surface area (Å²) in [5.41, 5.74) is 1.98. The van der Waals surface area contributed by atoms with Crippen LogP contribution >= 0.6 is 11.6 Å². The fraction of sp³-hybridized carbons (Fsp3) is 0.167. The van der Waals surface area contributed by atoms with Crippen LogP contribution in [0.15, 0.2) is 67.3 Å². The monoisotopic (exact) mass is 315 g/mol. The lowest BCUT2D eigenvalue weighted by molar-refractivity contribution is 0.137. The fourth-order valence-corrected chi connectivity index (χ4v) is 2.24. The zero-order valence-corrected chi connectivity index (χ0v) is 12.9. The summed E-state index contributed by atoms with van der Waals surface area (Å²) in [6.07, 6.45) is 1.84. The van der Waals surface area contributed by atoms with Gasteiger partial charge in [-0.25, -0.2) is 4.79 Å². The molecular formula is C18H18ClNO2. The van der Waals surface area contributed by atoms with E-state index in [1.54, 1.807) is 6.08 Å². The van der Waals surface area contributed by atoms with Gasteiger partial charge in [-0.1, -0.05) is 60.1 Å². The van der Waals surface area contributed by atoms with Crippen molar-refractivity contribution in [1.29, 1.82) is 0 Å². The average Bonchev–Trinajstić information content (AvgIpc) is 2.53. The van der Waals surface area contributed by atoms with Crippen LogP contribution in [0.1, 0.15) is 11.1 Å². The highest BCUT2D eigenvalue weighted by molar-refractivity contribution is 6.30. The molecule has 2 aromatic rings. The van der Waals surface area contributed by atoms with Gasteiger partial charge in [0.1, 0.15) is 6.61 Å². The molecule has 0 aliphatic carbocycles. The molecule has 2 aromatic carbocycles. The Morgan fingerprint density at radius 2 is 1.91 bits per heavy atom. The predicted molar refractivity (Wildman–Crippen MR) is 88.9 cm³/mol. The Bertz CT molecular complexity index is 628. The lowest BCUT2D eigenvalue weighted by Crippen LogP contribution is -2.35. The molecule has 0 heterocycles. The van der Waals surface area contributed by atoms with Crippen LogP contribution in [0.25, 0.3) is 0 Å². The van der Waals surface area contributed by atoms with Gasteiger partial charge >= 0.3 is 6.09 Å². The van der Waals surface area contributed by atoms with Gasteiger partial charge in [0.25, 0.3) is 0 Å². The number of hydrogen-bond acceptors (Lipinski definition) is 2. The SMILES string of the molecule is C=C[C@@H](Cc1cccc(Cl)c1)NC(=O)OCc1ccccc1. The first-order valence-electron chi connectivity index (χ1n) is 7.01. The third-order valence-electron chi connectivity index (χ3n) is 3.15. The minimum Gasteiger partial charge on any atom is -0.445 e. The van der Waals surface area contributed by atoms with Crippen molar-refractivity contribution in [2.45, 2.75) is 19.1 Å². The summed E-state index contributed by atoms with van der Waals surface area (Å²) in [6, 6.07) is 16.9.